The van der Waals surface area contributed by atoms with Gasteiger partial charge in [-0.2, -0.15) is 0 Å². The minimum Gasteiger partial charge on any atom is -0.465 e. The largest absolute Gasteiger partial charge is 0.465 e. The first-order valence-corrected chi connectivity index (χ1v) is 5.11. The average molecular weight is 220 g/mol. The van der Waals surface area contributed by atoms with Crippen molar-refractivity contribution in [1.29, 1.82) is 0 Å². The third-order valence-electron chi connectivity index (χ3n) is 2.74. The SMILES string of the molecule is O=C1OCC(CO)C1C(=O)c1ccccc1. The van der Waals surface area contributed by atoms with Gasteiger partial charge >= 0.3 is 5.97 Å². The Labute approximate surface area is 92.8 Å². The summed E-state index contributed by atoms with van der Waals surface area (Å²) in [7, 11) is 0. The van der Waals surface area contributed by atoms with Crippen LogP contribution >= 0.6 is 0 Å². The Balaban J connectivity index is 2.24. The molecule has 2 unspecified atom stereocenters. The first kappa shape index (κ1) is 10.8. The maximum Gasteiger partial charge on any atom is 0.317 e. The monoisotopic (exact) mass is 220 g/mol. The Hall–Kier alpha value is -1.68. The average Bonchev–Trinajstić information content (AvgIpc) is 2.70. The summed E-state index contributed by atoms with van der Waals surface area (Å²) in [6.45, 7) is -0.0897. The van der Waals surface area contributed by atoms with Crippen molar-refractivity contribution in [2.24, 2.45) is 11.8 Å². The number of ketones is 1. The second-order valence-electron chi connectivity index (χ2n) is 3.78. The smallest absolute Gasteiger partial charge is 0.317 e. The van der Waals surface area contributed by atoms with Crippen LogP contribution in [0.2, 0.25) is 0 Å². The molecule has 1 aromatic rings. The Morgan fingerprint density at radius 1 is 1.38 bits per heavy atom. The van der Waals surface area contributed by atoms with E-state index in [1.165, 1.54) is 0 Å². The first-order chi connectivity index (χ1) is 7.74. The summed E-state index contributed by atoms with van der Waals surface area (Å²) < 4.78 is 4.79. The molecule has 1 N–H and O–H groups in total. The predicted molar refractivity (Wildman–Crippen MR) is 55.8 cm³/mol. The van der Waals surface area contributed by atoms with Gasteiger partial charge in [0.25, 0.3) is 0 Å². The number of benzene rings is 1. The number of rotatable bonds is 3. The second-order valence-corrected chi connectivity index (χ2v) is 3.78. The van der Waals surface area contributed by atoms with Crippen LogP contribution in [0.1, 0.15) is 10.4 Å². The van der Waals surface area contributed by atoms with E-state index < -0.39 is 17.8 Å². The van der Waals surface area contributed by atoms with Crippen molar-refractivity contribution in [3.05, 3.63) is 35.9 Å². The highest BCUT2D eigenvalue weighted by Crippen LogP contribution is 2.25. The lowest BCUT2D eigenvalue weighted by molar-refractivity contribution is -0.140. The Kier molecular flexibility index (Phi) is 3.01. The predicted octanol–water partition coefficient (Wildman–Crippen LogP) is 0.651. The highest BCUT2D eigenvalue weighted by molar-refractivity contribution is 6.09. The highest BCUT2D eigenvalue weighted by atomic mass is 16.5. The molecule has 0 radical (unpaired) electrons. The van der Waals surface area contributed by atoms with Gasteiger partial charge in [0.15, 0.2) is 5.78 Å². The van der Waals surface area contributed by atoms with E-state index in [2.05, 4.69) is 0 Å². The maximum atomic E-state index is 12.0. The first-order valence-electron chi connectivity index (χ1n) is 5.11. The van der Waals surface area contributed by atoms with Crippen molar-refractivity contribution in [2.75, 3.05) is 13.2 Å². The van der Waals surface area contributed by atoms with Crippen molar-refractivity contribution in [3.8, 4) is 0 Å². The minimum atomic E-state index is -0.854. The van der Waals surface area contributed by atoms with Crippen LogP contribution in [0.3, 0.4) is 0 Å². The van der Waals surface area contributed by atoms with Crippen LogP contribution in [-0.4, -0.2) is 30.1 Å². The Morgan fingerprint density at radius 2 is 2.06 bits per heavy atom. The van der Waals surface area contributed by atoms with Crippen molar-refractivity contribution < 1.29 is 19.4 Å². The number of carbonyl (C=O) groups excluding carboxylic acids is 2. The summed E-state index contributed by atoms with van der Waals surface area (Å²) >= 11 is 0. The Morgan fingerprint density at radius 3 is 2.69 bits per heavy atom. The van der Waals surface area contributed by atoms with Crippen LogP contribution in [0.25, 0.3) is 0 Å². The van der Waals surface area contributed by atoms with Gasteiger partial charge in [-0.25, -0.2) is 0 Å². The summed E-state index contributed by atoms with van der Waals surface area (Å²) in [5.41, 5.74) is 0.477. The molecule has 16 heavy (non-hydrogen) atoms. The molecule has 0 saturated carbocycles. The molecule has 4 nitrogen and oxygen atoms in total. The van der Waals surface area contributed by atoms with E-state index in [-0.39, 0.29) is 19.0 Å². The molecular formula is C12H12O4. The number of aliphatic hydroxyl groups is 1. The van der Waals surface area contributed by atoms with Gasteiger partial charge in [0.1, 0.15) is 5.92 Å². The number of cyclic esters (lactones) is 1. The molecule has 1 fully saturated rings. The molecule has 84 valence electrons. The van der Waals surface area contributed by atoms with Crippen molar-refractivity contribution in [3.63, 3.8) is 0 Å². The normalized spacial score (nSPS) is 24.2. The lowest BCUT2D eigenvalue weighted by Gasteiger charge is -2.10. The molecular weight excluding hydrogens is 208 g/mol. The molecule has 0 spiro atoms. The number of esters is 1. The molecule has 2 atom stereocenters. The summed E-state index contributed by atoms with van der Waals surface area (Å²) in [6, 6.07) is 8.58. The lowest BCUT2D eigenvalue weighted by Crippen LogP contribution is -2.27. The van der Waals surface area contributed by atoms with Gasteiger partial charge in [0.2, 0.25) is 0 Å². The summed E-state index contributed by atoms with van der Waals surface area (Å²) in [5.74, 6) is -2.08. The van der Waals surface area contributed by atoms with Gasteiger partial charge in [0, 0.05) is 11.5 Å². The van der Waals surface area contributed by atoms with Crippen LogP contribution in [0, 0.1) is 11.8 Å². The van der Waals surface area contributed by atoms with Crippen LogP contribution in [0.4, 0.5) is 0 Å². The molecule has 0 aliphatic carbocycles. The zero-order valence-corrected chi connectivity index (χ0v) is 8.63. The van der Waals surface area contributed by atoms with Crippen LogP contribution in [-0.2, 0) is 9.53 Å². The quantitative estimate of drug-likeness (QED) is 0.461. The molecule has 0 aromatic heterocycles. The summed E-state index contributed by atoms with van der Waals surface area (Å²) in [6.07, 6.45) is 0. The van der Waals surface area contributed by atoms with Gasteiger partial charge in [-0.05, 0) is 0 Å². The molecule has 0 amide bonds. The topological polar surface area (TPSA) is 63.6 Å². The maximum absolute atomic E-state index is 12.0. The Bertz CT molecular complexity index is 399. The van der Waals surface area contributed by atoms with Crippen LogP contribution < -0.4 is 0 Å². The molecule has 1 saturated heterocycles. The molecule has 0 bridgehead atoms. The van der Waals surface area contributed by atoms with E-state index in [4.69, 9.17) is 9.84 Å². The third kappa shape index (κ3) is 1.84. The molecule has 1 aromatic carbocycles. The zero-order valence-electron chi connectivity index (χ0n) is 8.63. The highest BCUT2D eigenvalue weighted by Gasteiger charge is 2.41. The summed E-state index contributed by atoms with van der Waals surface area (Å²) in [4.78, 5) is 23.4. The van der Waals surface area contributed by atoms with E-state index in [9.17, 15) is 9.59 Å². The number of aliphatic hydroxyl groups excluding tert-OH is 1. The van der Waals surface area contributed by atoms with Crippen LogP contribution in [0.15, 0.2) is 30.3 Å². The fourth-order valence-corrected chi connectivity index (χ4v) is 1.83. The summed E-state index contributed by atoms with van der Waals surface area (Å²) in [5, 5.41) is 9.07. The lowest BCUT2D eigenvalue weighted by atomic mass is 9.88. The van der Waals surface area contributed by atoms with Gasteiger partial charge < -0.3 is 9.84 Å². The number of Topliss-reactive ketones (excluding diaryl/α,β-unsaturated/α-hetero) is 1. The van der Waals surface area contributed by atoms with Crippen molar-refractivity contribution in [1.82, 2.24) is 0 Å². The second kappa shape index (κ2) is 4.45. The third-order valence-corrected chi connectivity index (χ3v) is 2.74. The van der Waals surface area contributed by atoms with Crippen molar-refractivity contribution in [2.45, 2.75) is 0 Å². The number of hydrogen-bond acceptors (Lipinski definition) is 4. The van der Waals surface area contributed by atoms with Crippen LogP contribution in [0.5, 0.6) is 0 Å². The molecule has 4 heteroatoms. The molecule has 1 aliphatic heterocycles. The number of carbonyl (C=O) groups is 2. The van der Waals surface area contributed by atoms with Gasteiger partial charge in [-0.1, -0.05) is 30.3 Å². The zero-order chi connectivity index (χ0) is 11.5. The van der Waals surface area contributed by atoms with E-state index >= 15 is 0 Å². The number of hydrogen-bond donors (Lipinski definition) is 1. The van der Waals surface area contributed by atoms with E-state index in [1.54, 1.807) is 30.3 Å². The van der Waals surface area contributed by atoms with Crippen molar-refractivity contribution >= 4 is 11.8 Å². The van der Waals surface area contributed by atoms with E-state index in [0.717, 1.165) is 0 Å². The fraction of sp³-hybridized carbons (Fsp3) is 0.333. The molecule has 1 aliphatic rings. The minimum absolute atomic E-state index is 0.124. The van der Waals surface area contributed by atoms with Gasteiger partial charge in [0.05, 0.1) is 13.2 Å². The fourth-order valence-electron chi connectivity index (χ4n) is 1.83. The standard InChI is InChI=1S/C12H12O4/c13-6-9-7-16-12(15)10(9)11(14)8-4-2-1-3-5-8/h1-5,9-10,13H,6-7H2. The molecule has 2 rings (SSSR count). The van der Waals surface area contributed by atoms with E-state index in [1.807, 2.05) is 0 Å². The van der Waals surface area contributed by atoms with Gasteiger partial charge in [-0.15, -0.1) is 0 Å². The van der Waals surface area contributed by atoms with E-state index in [0.29, 0.717) is 5.56 Å². The van der Waals surface area contributed by atoms with Gasteiger partial charge in [-0.3, -0.25) is 9.59 Å². The molecule has 1 heterocycles. The number of ether oxygens (including phenoxy) is 1.